The summed E-state index contributed by atoms with van der Waals surface area (Å²) in [5.41, 5.74) is -0.414. The van der Waals surface area contributed by atoms with E-state index in [0.29, 0.717) is 25.4 Å². The minimum absolute atomic E-state index is 0.213. The number of anilines is 1. The minimum atomic E-state index is -4.39. The van der Waals surface area contributed by atoms with E-state index < -0.39 is 11.7 Å². The molecule has 2 rings (SSSR count). The molecule has 0 aromatic heterocycles. The van der Waals surface area contributed by atoms with E-state index in [2.05, 4.69) is 11.2 Å². The summed E-state index contributed by atoms with van der Waals surface area (Å²) in [4.78, 5) is 13.9. The van der Waals surface area contributed by atoms with Gasteiger partial charge in [-0.05, 0) is 37.1 Å². The molecule has 2 amide bonds. The number of carbonyl (C=O) groups is 1. The maximum absolute atomic E-state index is 12.5. The number of piperidine rings is 1. The van der Waals surface area contributed by atoms with E-state index in [0.717, 1.165) is 25.0 Å². The molecule has 1 unspecified atom stereocenters. The Balaban J connectivity index is 1.88. The molecule has 1 N–H and O–H groups in total. The van der Waals surface area contributed by atoms with E-state index in [1.54, 1.807) is 4.90 Å². The lowest BCUT2D eigenvalue weighted by Crippen LogP contribution is -2.43. The third kappa shape index (κ3) is 5.17. The predicted octanol–water partition coefficient (Wildman–Crippen LogP) is 3.60. The fourth-order valence-corrected chi connectivity index (χ4v) is 2.62. The van der Waals surface area contributed by atoms with Crippen LogP contribution in [0.1, 0.15) is 18.4 Å². The van der Waals surface area contributed by atoms with Gasteiger partial charge in [-0.15, -0.1) is 6.42 Å². The Bertz CT molecular complexity index is 593. The van der Waals surface area contributed by atoms with Crippen LogP contribution in [0.5, 0.6) is 0 Å². The second-order valence-corrected chi connectivity index (χ2v) is 5.68. The third-order valence-electron chi connectivity index (χ3n) is 3.81. The fraction of sp³-hybridized carbons (Fsp3) is 0.471. The lowest BCUT2D eigenvalue weighted by Gasteiger charge is -2.32. The van der Waals surface area contributed by atoms with Gasteiger partial charge >= 0.3 is 12.2 Å². The molecule has 1 aromatic carbocycles. The van der Waals surface area contributed by atoms with E-state index >= 15 is 0 Å². The maximum atomic E-state index is 12.5. The van der Waals surface area contributed by atoms with Gasteiger partial charge in [0.15, 0.2) is 0 Å². The van der Waals surface area contributed by atoms with Crippen LogP contribution in [-0.2, 0) is 10.9 Å². The molecule has 1 aliphatic heterocycles. The summed E-state index contributed by atoms with van der Waals surface area (Å²) in [6.07, 6.45) is 2.54. The molecule has 0 radical (unpaired) electrons. The van der Waals surface area contributed by atoms with Gasteiger partial charge in [-0.25, -0.2) is 4.79 Å². The zero-order valence-electron chi connectivity index (χ0n) is 13.1. The largest absolute Gasteiger partial charge is 0.416 e. The highest BCUT2D eigenvalue weighted by Gasteiger charge is 2.30. The molecule has 0 saturated carbocycles. The van der Waals surface area contributed by atoms with Crippen molar-refractivity contribution in [2.75, 3.05) is 31.6 Å². The molecule has 4 nitrogen and oxygen atoms in total. The number of likely N-dealkylation sites (tertiary alicyclic amines) is 1. The van der Waals surface area contributed by atoms with E-state index in [1.165, 1.54) is 12.1 Å². The first-order chi connectivity index (χ1) is 11.4. The van der Waals surface area contributed by atoms with Crippen molar-refractivity contribution in [2.45, 2.75) is 19.0 Å². The van der Waals surface area contributed by atoms with Crippen LogP contribution in [0.3, 0.4) is 0 Å². The van der Waals surface area contributed by atoms with Gasteiger partial charge in [0.05, 0.1) is 12.2 Å². The predicted molar refractivity (Wildman–Crippen MR) is 84.4 cm³/mol. The first-order valence-electron chi connectivity index (χ1n) is 7.64. The van der Waals surface area contributed by atoms with E-state index in [9.17, 15) is 18.0 Å². The van der Waals surface area contributed by atoms with Crippen LogP contribution in [0, 0.1) is 18.3 Å². The van der Waals surface area contributed by atoms with Crippen LogP contribution in [0.2, 0.25) is 0 Å². The van der Waals surface area contributed by atoms with E-state index in [4.69, 9.17) is 11.2 Å². The molecule has 1 heterocycles. The molecule has 1 aromatic rings. The lowest BCUT2D eigenvalue weighted by molar-refractivity contribution is -0.137. The van der Waals surface area contributed by atoms with Crippen LogP contribution in [-0.4, -0.2) is 37.2 Å². The topological polar surface area (TPSA) is 41.6 Å². The summed E-state index contributed by atoms with van der Waals surface area (Å²) in [6, 6.07) is 4.07. The molecule has 0 aliphatic carbocycles. The number of ether oxygens (including phenoxy) is 1. The summed E-state index contributed by atoms with van der Waals surface area (Å²) in [6.45, 7) is 1.89. The van der Waals surface area contributed by atoms with Crippen molar-refractivity contribution in [1.82, 2.24) is 4.90 Å². The van der Waals surface area contributed by atoms with Gasteiger partial charge in [0, 0.05) is 24.7 Å². The van der Waals surface area contributed by atoms with Gasteiger partial charge in [0.2, 0.25) is 0 Å². The van der Waals surface area contributed by atoms with Gasteiger partial charge in [-0.2, -0.15) is 13.2 Å². The summed E-state index contributed by atoms with van der Waals surface area (Å²) >= 11 is 0. The Morgan fingerprint density at radius 2 is 2.08 bits per heavy atom. The number of rotatable bonds is 4. The average molecular weight is 340 g/mol. The molecule has 7 heteroatoms. The fourth-order valence-electron chi connectivity index (χ4n) is 2.62. The Labute approximate surface area is 139 Å². The lowest BCUT2D eigenvalue weighted by atomic mass is 9.99. The number of alkyl halides is 3. The molecule has 130 valence electrons. The molecule has 1 atom stereocenters. The smallest absolute Gasteiger partial charge is 0.368 e. The first-order valence-corrected chi connectivity index (χ1v) is 7.64. The molecule has 0 spiro atoms. The summed E-state index contributed by atoms with van der Waals surface area (Å²) in [7, 11) is 0. The molecular weight excluding hydrogens is 321 g/mol. The van der Waals surface area contributed by atoms with Crippen LogP contribution >= 0.6 is 0 Å². The summed E-state index contributed by atoms with van der Waals surface area (Å²) in [5.74, 6) is 2.61. The van der Waals surface area contributed by atoms with E-state index in [1.807, 2.05) is 0 Å². The summed E-state index contributed by atoms with van der Waals surface area (Å²) < 4.78 is 42.9. The zero-order valence-corrected chi connectivity index (χ0v) is 13.1. The van der Waals surface area contributed by atoms with Gasteiger partial charge < -0.3 is 15.0 Å². The maximum Gasteiger partial charge on any atom is 0.416 e. The van der Waals surface area contributed by atoms with Crippen molar-refractivity contribution < 1.29 is 22.7 Å². The molecular formula is C17H19F3N2O2. The number of terminal acetylenes is 1. The SMILES string of the molecule is C#CCOCC1CCCN(C(=O)Nc2ccc(C(F)(F)F)cc2)C1. The van der Waals surface area contributed by atoms with Crippen molar-refractivity contribution in [1.29, 1.82) is 0 Å². The van der Waals surface area contributed by atoms with Gasteiger partial charge in [0.25, 0.3) is 0 Å². The first kappa shape index (κ1) is 18.1. The van der Waals surface area contributed by atoms with Crippen molar-refractivity contribution in [3.05, 3.63) is 29.8 Å². The molecule has 0 bridgehead atoms. The van der Waals surface area contributed by atoms with Gasteiger partial charge in [-0.3, -0.25) is 0 Å². The molecule has 1 aliphatic rings. The normalized spacial score (nSPS) is 18.1. The van der Waals surface area contributed by atoms with Crippen molar-refractivity contribution in [3.63, 3.8) is 0 Å². The highest BCUT2D eigenvalue weighted by molar-refractivity contribution is 5.89. The van der Waals surface area contributed by atoms with Gasteiger partial charge in [-0.1, -0.05) is 5.92 Å². The van der Waals surface area contributed by atoms with Crippen LogP contribution in [0.15, 0.2) is 24.3 Å². The standard InChI is InChI=1S/C17H19F3N2O2/c1-2-10-24-12-13-4-3-9-22(11-13)16(23)21-15-7-5-14(6-8-15)17(18,19)20/h1,5-8,13H,3-4,9-12H2,(H,21,23). The van der Waals surface area contributed by atoms with Crippen molar-refractivity contribution in [3.8, 4) is 12.3 Å². The Kier molecular flexibility index (Phi) is 6.10. The van der Waals surface area contributed by atoms with Crippen LogP contribution in [0.25, 0.3) is 0 Å². The van der Waals surface area contributed by atoms with Crippen molar-refractivity contribution in [2.24, 2.45) is 5.92 Å². The monoisotopic (exact) mass is 340 g/mol. The highest BCUT2D eigenvalue weighted by Crippen LogP contribution is 2.30. The average Bonchev–Trinajstić information content (AvgIpc) is 2.55. The second-order valence-electron chi connectivity index (χ2n) is 5.68. The number of carbonyl (C=O) groups excluding carboxylic acids is 1. The van der Waals surface area contributed by atoms with Crippen molar-refractivity contribution >= 4 is 11.7 Å². The Hall–Kier alpha value is -2.20. The minimum Gasteiger partial charge on any atom is -0.368 e. The van der Waals surface area contributed by atoms with Crippen LogP contribution in [0.4, 0.5) is 23.7 Å². The molecule has 1 fully saturated rings. The number of benzene rings is 1. The Morgan fingerprint density at radius 1 is 1.38 bits per heavy atom. The van der Waals surface area contributed by atoms with E-state index in [-0.39, 0.29) is 18.6 Å². The number of halogens is 3. The Morgan fingerprint density at radius 3 is 2.71 bits per heavy atom. The summed E-state index contributed by atoms with van der Waals surface area (Å²) in [5, 5.41) is 2.62. The third-order valence-corrected chi connectivity index (χ3v) is 3.81. The van der Waals surface area contributed by atoms with Crippen LogP contribution < -0.4 is 5.32 Å². The number of hydrogen-bond acceptors (Lipinski definition) is 2. The zero-order chi connectivity index (χ0) is 17.6. The number of nitrogens with zero attached hydrogens (tertiary/aromatic N) is 1. The quantitative estimate of drug-likeness (QED) is 0.672. The van der Waals surface area contributed by atoms with Gasteiger partial charge in [0.1, 0.15) is 6.61 Å². The molecule has 1 saturated heterocycles. The second kappa shape index (κ2) is 8.06. The number of hydrogen-bond donors (Lipinski definition) is 1. The number of nitrogens with one attached hydrogen (secondary N) is 1. The number of urea groups is 1. The highest BCUT2D eigenvalue weighted by atomic mass is 19.4. The molecule has 24 heavy (non-hydrogen) atoms. The number of amides is 2.